The molecule has 1 rings (SSSR count). The van der Waals surface area contributed by atoms with E-state index in [0.29, 0.717) is 0 Å². The molecule has 0 aliphatic rings. The van der Waals surface area contributed by atoms with Crippen LogP contribution in [0.15, 0.2) is 29.2 Å². The Hall–Kier alpha value is -0.710. The molecular weight excluding hydrogens is 210 g/mol. The SMILES string of the molecule is CN(c1ccc(S)cc1)C(C)(C)C(O)O. The van der Waals surface area contributed by atoms with Gasteiger partial charge in [-0.25, -0.2) is 0 Å². The van der Waals surface area contributed by atoms with Gasteiger partial charge < -0.3 is 15.1 Å². The monoisotopic (exact) mass is 227 g/mol. The third-order valence-corrected chi connectivity index (χ3v) is 3.03. The number of anilines is 1. The van der Waals surface area contributed by atoms with Crippen LogP contribution in [0.25, 0.3) is 0 Å². The number of thiol groups is 1. The molecule has 4 heteroatoms. The number of hydrogen-bond acceptors (Lipinski definition) is 4. The Kier molecular flexibility index (Phi) is 3.65. The number of nitrogens with zero attached hydrogens (tertiary/aromatic N) is 1. The number of aliphatic hydroxyl groups is 2. The molecule has 0 aliphatic carbocycles. The molecule has 3 nitrogen and oxygen atoms in total. The molecule has 0 amide bonds. The van der Waals surface area contributed by atoms with E-state index >= 15 is 0 Å². The van der Waals surface area contributed by atoms with Gasteiger partial charge >= 0.3 is 0 Å². The number of benzene rings is 1. The summed E-state index contributed by atoms with van der Waals surface area (Å²) in [5.74, 6) is 0. The van der Waals surface area contributed by atoms with Gasteiger partial charge in [0.15, 0.2) is 6.29 Å². The second kappa shape index (κ2) is 4.43. The molecule has 0 unspecified atom stereocenters. The summed E-state index contributed by atoms with van der Waals surface area (Å²) >= 11 is 4.20. The second-order valence-electron chi connectivity index (χ2n) is 4.10. The van der Waals surface area contributed by atoms with Crippen molar-refractivity contribution < 1.29 is 10.2 Å². The molecule has 1 aromatic carbocycles. The summed E-state index contributed by atoms with van der Waals surface area (Å²) in [6.45, 7) is 3.54. The highest BCUT2D eigenvalue weighted by Crippen LogP contribution is 2.25. The molecule has 0 spiro atoms. The van der Waals surface area contributed by atoms with Crippen LogP contribution in [-0.4, -0.2) is 29.1 Å². The van der Waals surface area contributed by atoms with E-state index < -0.39 is 11.8 Å². The highest BCUT2D eigenvalue weighted by molar-refractivity contribution is 7.80. The summed E-state index contributed by atoms with van der Waals surface area (Å²) in [5.41, 5.74) is 0.198. The largest absolute Gasteiger partial charge is 0.366 e. The summed E-state index contributed by atoms with van der Waals surface area (Å²) in [6.07, 6.45) is -1.39. The van der Waals surface area contributed by atoms with Crippen molar-refractivity contribution in [3.63, 3.8) is 0 Å². The first-order chi connectivity index (χ1) is 6.85. The zero-order chi connectivity index (χ0) is 11.6. The fraction of sp³-hybridized carbons (Fsp3) is 0.455. The molecule has 1 aromatic rings. The average Bonchev–Trinajstić information content (AvgIpc) is 2.17. The Morgan fingerprint density at radius 1 is 1.20 bits per heavy atom. The minimum absolute atomic E-state index is 0.724. The summed E-state index contributed by atoms with van der Waals surface area (Å²) in [5, 5.41) is 18.5. The number of hydrogen-bond donors (Lipinski definition) is 3. The summed E-state index contributed by atoms with van der Waals surface area (Å²) in [4.78, 5) is 2.71. The first kappa shape index (κ1) is 12.4. The fourth-order valence-corrected chi connectivity index (χ4v) is 1.33. The van der Waals surface area contributed by atoms with Crippen LogP contribution >= 0.6 is 12.6 Å². The van der Waals surface area contributed by atoms with Gasteiger partial charge in [0.25, 0.3) is 0 Å². The van der Waals surface area contributed by atoms with Crippen molar-refractivity contribution in [1.29, 1.82) is 0 Å². The van der Waals surface area contributed by atoms with E-state index in [1.807, 2.05) is 36.2 Å². The van der Waals surface area contributed by atoms with Gasteiger partial charge in [0, 0.05) is 17.6 Å². The van der Waals surface area contributed by atoms with Gasteiger partial charge in [-0.3, -0.25) is 0 Å². The number of aliphatic hydroxyl groups excluding tert-OH is 1. The molecule has 0 fully saturated rings. The van der Waals surface area contributed by atoms with E-state index in [2.05, 4.69) is 12.6 Å². The van der Waals surface area contributed by atoms with Crippen LogP contribution in [0.1, 0.15) is 13.8 Å². The maximum absolute atomic E-state index is 9.27. The van der Waals surface area contributed by atoms with Gasteiger partial charge in [0.2, 0.25) is 0 Å². The van der Waals surface area contributed by atoms with E-state index in [4.69, 9.17) is 0 Å². The molecule has 84 valence electrons. The first-order valence-electron chi connectivity index (χ1n) is 4.74. The quantitative estimate of drug-likeness (QED) is 0.541. The van der Waals surface area contributed by atoms with Crippen molar-refractivity contribution >= 4 is 18.3 Å². The maximum Gasteiger partial charge on any atom is 0.174 e. The van der Waals surface area contributed by atoms with Gasteiger partial charge in [0.1, 0.15) is 0 Å². The Labute approximate surface area is 95.8 Å². The predicted octanol–water partition coefficient (Wildman–Crippen LogP) is 1.50. The van der Waals surface area contributed by atoms with Crippen molar-refractivity contribution in [2.45, 2.75) is 30.6 Å². The van der Waals surface area contributed by atoms with Gasteiger partial charge in [-0.15, -0.1) is 12.6 Å². The summed E-state index contributed by atoms with van der Waals surface area (Å²) in [7, 11) is 1.83. The number of likely N-dealkylation sites (N-methyl/N-ethyl adjacent to an activating group) is 1. The zero-order valence-electron chi connectivity index (χ0n) is 9.18. The third kappa shape index (κ3) is 2.65. The lowest BCUT2D eigenvalue weighted by Gasteiger charge is -2.38. The van der Waals surface area contributed by atoms with Crippen LogP contribution in [0, 0.1) is 0 Å². The van der Waals surface area contributed by atoms with Gasteiger partial charge in [-0.05, 0) is 38.1 Å². The molecular formula is C11H17NO2S. The van der Waals surface area contributed by atoms with Gasteiger partial charge in [-0.1, -0.05) is 0 Å². The van der Waals surface area contributed by atoms with E-state index in [1.165, 1.54) is 0 Å². The Morgan fingerprint density at radius 3 is 2.07 bits per heavy atom. The molecule has 2 N–H and O–H groups in total. The van der Waals surface area contributed by atoms with Crippen LogP contribution in [0.2, 0.25) is 0 Å². The predicted molar refractivity (Wildman–Crippen MR) is 64.4 cm³/mol. The molecule has 0 atom stereocenters. The topological polar surface area (TPSA) is 43.7 Å². The third-order valence-electron chi connectivity index (χ3n) is 2.73. The van der Waals surface area contributed by atoms with E-state index in [1.54, 1.807) is 13.8 Å². The van der Waals surface area contributed by atoms with Gasteiger partial charge in [0.05, 0.1) is 5.54 Å². The molecule has 0 radical (unpaired) electrons. The standard InChI is InChI=1S/C11H17NO2S/c1-11(2,10(13)14)12(3)8-4-6-9(15)7-5-8/h4-7,10,13-15H,1-3H3. The van der Waals surface area contributed by atoms with Crippen molar-refractivity contribution in [3.8, 4) is 0 Å². The smallest absolute Gasteiger partial charge is 0.174 e. The second-order valence-corrected chi connectivity index (χ2v) is 4.62. The molecule has 0 saturated heterocycles. The molecule has 0 aromatic heterocycles. The maximum atomic E-state index is 9.27. The molecule has 0 saturated carbocycles. The molecule has 15 heavy (non-hydrogen) atoms. The van der Waals surface area contributed by atoms with Crippen molar-refractivity contribution in [2.75, 3.05) is 11.9 Å². The zero-order valence-corrected chi connectivity index (χ0v) is 10.1. The number of rotatable bonds is 3. The van der Waals surface area contributed by atoms with Gasteiger partial charge in [-0.2, -0.15) is 0 Å². The highest BCUT2D eigenvalue weighted by atomic mass is 32.1. The Morgan fingerprint density at radius 2 is 1.67 bits per heavy atom. The molecule has 0 bridgehead atoms. The fourth-order valence-electron chi connectivity index (χ4n) is 1.18. The lowest BCUT2D eigenvalue weighted by Crippen LogP contribution is -2.50. The van der Waals surface area contributed by atoms with E-state index in [9.17, 15) is 10.2 Å². The highest BCUT2D eigenvalue weighted by Gasteiger charge is 2.30. The average molecular weight is 227 g/mol. The summed E-state index contributed by atoms with van der Waals surface area (Å²) in [6, 6.07) is 7.53. The van der Waals surface area contributed by atoms with Crippen LogP contribution in [0.4, 0.5) is 5.69 Å². The van der Waals surface area contributed by atoms with Crippen molar-refractivity contribution in [1.82, 2.24) is 0 Å². The minimum atomic E-state index is -1.39. The van der Waals surface area contributed by atoms with Crippen LogP contribution in [-0.2, 0) is 0 Å². The first-order valence-corrected chi connectivity index (χ1v) is 5.19. The molecule has 0 heterocycles. The Balaban J connectivity index is 2.94. The van der Waals surface area contributed by atoms with Crippen molar-refractivity contribution in [2.24, 2.45) is 0 Å². The lowest BCUT2D eigenvalue weighted by atomic mass is 10.0. The van der Waals surface area contributed by atoms with E-state index in [-0.39, 0.29) is 0 Å². The summed E-state index contributed by atoms with van der Waals surface area (Å²) < 4.78 is 0. The lowest BCUT2D eigenvalue weighted by molar-refractivity contribution is -0.0859. The van der Waals surface area contributed by atoms with Crippen LogP contribution in [0.5, 0.6) is 0 Å². The van der Waals surface area contributed by atoms with Crippen molar-refractivity contribution in [3.05, 3.63) is 24.3 Å². The minimum Gasteiger partial charge on any atom is -0.366 e. The molecule has 0 aliphatic heterocycles. The van der Waals surface area contributed by atoms with Crippen LogP contribution in [0.3, 0.4) is 0 Å². The van der Waals surface area contributed by atoms with Crippen LogP contribution < -0.4 is 4.90 Å². The normalized spacial score (nSPS) is 11.9. The van der Waals surface area contributed by atoms with E-state index in [0.717, 1.165) is 10.6 Å². The Bertz CT molecular complexity index is 322.